The van der Waals surface area contributed by atoms with Crippen molar-refractivity contribution < 1.29 is 4.79 Å². The maximum atomic E-state index is 12.2. The molecule has 1 amide bonds. The zero-order valence-corrected chi connectivity index (χ0v) is 13.8. The fourth-order valence-corrected chi connectivity index (χ4v) is 2.02. The van der Waals surface area contributed by atoms with Crippen LogP contribution in [0.25, 0.3) is 0 Å². The van der Waals surface area contributed by atoms with Gasteiger partial charge in [-0.2, -0.15) is 0 Å². The highest BCUT2D eigenvalue weighted by molar-refractivity contribution is 5.92. The Morgan fingerprint density at radius 2 is 2.09 bits per heavy atom. The summed E-state index contributed by atoms with van der Waals surface area (Å²) in [5.41, 5.74) is 1.29. The van der Waals surface area contributed by atoms with Crippen molar-refractivity contribution in [1.82, 2.24) is 20.3 Å². The summed E-state index contributed by atoms with van der Waals surface area (Å²) in [6, 6.07) is 7.40. The molecular formula is C17H23N5O. The Bertz CT molecular complexity index is 643. The van der Waals surface area contributed by atoms with Gasteiger partial charge in [0.15, 0.2) is 0 Å². The van der Waals surface area contributed by atoms with Crippen LogP contribution in [-0.2, 0) is 6.54 Å². The number of anilines is 1. The molecule has 0 atom stereocenters. The van der Waals surface area contributed by atoms with E-state index in [0.717, 1.165) is 12.1 Å². The maximum absolute atomic E-state index is 12.2. The third-order valence-electron chi connectivity index (χ3n) is 3.25. The van der Waals surface area contributed by atoms with E-state index in [-0.39, 0.29) is 5.91 Å². The van der Waals surface area contributed by atoms with E-state index in [1.807, 2.05) is 18.2 Å². The lowest BCUT2D eigenvalue weighted by Crippen LogP contribution is -2.26. The van der Waals surface area contributed by atoms with Gasteiger partial charge in [0.25, 0.3) is 5.91 Å². The van der Waals surface area contributed by atoms with Gasteiger partial charge in [-0.25, -0.2) is 9.97 Å². The predicted octanol–water partition coefficient (Wildman–Crippen LogP) is 2.57. The zero-order valence-electron chi connectivity index (χ0n) is 13.8. The second kappa shape index (κ2) is 8.22. The standard InChI is InChI=1S/C17H23N5O/c1-12(2)7-9-19-17(23)15-10-16(22-13(3)21-15)20-11-14-6-4-5-8-18-14/h4-6,8,10,12H,7,9,11H2,1-3H3,(H,19,23)(H,20,21,22). The number of nitrogens with one attached hydrogen (secondary N) is 2. The van der Waals surface area contributed by atoms with Crippen LogP contribution in [0.2, 0.25) is 0 Å². The largest absolute Gasteiger partial charge is 0.364 e. The van der Waals surface area contributed by atoms with Crippen LogP contribution in [0.5, 0.6) is 0 Å². The predicted molar refractivity (Wildman–Crippen MR) is 90.1 cm³/mol. The molecule has 23 heavy (non-hydrogen) atoms. The first-order chi connectivity index (χ1) is 11.0. The van der Waals surface area contributed by atoms with Crippen LogP contribution in [0.1, 0.15) is 42.3 Å². The molecule has 0 aliphatic heterocycles. The van der Waals surface area contributed by atoms with Crippen LogP contribution >= 0.6 is 0 Å². The summed E-state index contributed by atoms with van der Waals surface area (Å²) in [6.45, 7) is 7.22. The Morgan fingerprint density at radius 1 is 1.26 bits per heavy atom. The molecule has 2 rings (SSSR count). The van der Waals surface area contributed by atoms with Crippen LogP contribution < -0.4 is 10.6 Å². The first kappa shape index (κ1) is 16.9. The minimum absolute atomic E-state index is 0.169. The number of hydrogen-bond acceptors (Lipinski definition) is 5. The van der Waals surface area contributed by atoms with Gasteiger partial charge >= 0.3 is 0 Å². The number of aryl methyl sites for hydroxylation is 1. The Kier molecular flexibility index (Phi) is 6.02. The molecule has 0 fully saturated rings. The number of aromatic nitrogens is 3. The molecule has 0 bridgehead atoms. The van der Waals surface area contributed by atoms with E-state index in [2.05, 4.69) is 39.4 Å². The smallest absolute Gasteiger partial charge is 0.270 e. The van der Waals surface area contributed by atoms with E-state index in [9.17, 15) is 4.79 Å². The van der Waals surface area contributed by atoms with Gasteiger partial charge in [0.2, 0.25) is 0 Å². The highest BCUT2D eigenvalue weighted by Crippen LogP contribution is 2.08. The monoisotopic (exact) mass is 313 g/mol. The SMILES string of the molecule is Cc1nc(NCc2ccccn2)cc(C(=O)NCCC(C)C)n1. The molecule has 6 nitrogen and oxygen atoms in total. The molecule has 2 N–H and O–H groups in total. The second-order valence-corrected chi connectivity index (χ2v) is 5.80. The van der Waals surface area contributed by atoms with Crippen molar-refractivity contribution in [2.75, 3.05) is 11.9 Å². The lowest BCUT2D eigenvalue weighted by molar-refractivity contribution is 0.0946. The van der Waals surface area contributed by atoms with Gasteiger partial charge in [-0.15, -0.1) is 0 Å². The summed E-state index contributed by atoms with van der Waals surface area (Å²) < 4.78 is 0. The number of carbonyl (C=O) groups excluding carboxylic acids is 1. The zero-order chi connectivity index (χ0) is 16.7. The van der Waals surface area contributed by atoms with Gasteiger partial charge in [0, 0.05) is 18.8 Å². The number of nitrogens with zero attached hydrogens (tertiary/aromatic N) is 3. The average molecular weight is 313 g/mol. The van der Waals surface area contributed by atoms with Crippen molar-refractivity contribution >= 4 is 11.7 Å². The molecule has 0 saturated heterocycles. The normalized spacial score (nSPS) is 10.6. The highest BCUT2D eigenvalue weighted by Gasteiger charge is 2.10. The van der Waals surface area contributed by atoms with Crippen molar-refractivity contribution in [1.29, 1.82) is 0 Å². The van der Waals surface area contributed by atoms with Crippen LogP contribution in [-0.4, -0.2) is 27.4 Å². The van der Waals surface area contributed by atoms with Crippen molar-refractivity contribution in [3.05, 3.63) is 47.7 Å². The summed E-state index contributed by atoms with van der Waals surface area (Å²) >= 11 is 0. The molecule has 0 aliphatic rings. The molecule has 0 aromatic carbocycles. The summed E-state index contributed by atoms with van der Waals surface area (Å²) in [5, 5.41) is 6.07. The van der Waals surface area contributed by atoms with E-state index in [1.54, 1.807) is 19.2 Å². The third kappa shape index (κ3) is 5.65. The Hall–Kier alpha value is -2.50. The van der Waals surface area contributed by atoms with Gasteiger partial charge in [0.05, 0.1) is 12.2 Å². The molecule has 0 aliphatic carbocycles. The van der Waals surface area contributed by atoms with Crippen molar-refractivity contribution in [2.45, 2.75) is 33.7 Å². The minimum Gasteiger partial charge on any atom is -0.364 e. The molecule has 0 spiro atoms. The molecule has 0 saturated carbocycles. The molecule has 6 heteroatoms. The van der Waals surface area contributed by atoms with Gasteiger partial charge in [-0.05, 0) is 31.4 Å². The van der Waals surface area contributed by atoms with E-state index in [1.165, 1.54) is 0 Å². The van der Waals surface area contributed by atoms with E-state index < -0.39 is 0 Å². The number of carbonyl (C=O) groups is 1. The minimum atomic E-state index is -0.169. The van der Waals surface area contributed by atoms with Gasteiger partial charge in [0.1, 0.15) is 17.3 Å². The molecule has 2 heterocycles. The first-order valence-electron chi connectivity index (χ1n) is 7.82. The molecule has 2 aromatic heterocycles. The highest BCUT2D eigenvalue weighted by atomic mass is 16.1. The Balaban J connectivity index is 1.99. The number of pyridine rings is 1. The van der Waals surface area contributed by atoms with Gasteiger partial charge in [-0.3, -0.25) is 9.78 Å². The number of amides is 1. The van der Waals surface area contributed by atoms with E-state index in [4.69, 9.17) is 0 Å². The lowest BCUT2D eigenvalue weighted by atomic mass is 10.1. The fraction of sp³-hybridized carbons (Fsp3) is 0.412. The second-order valence-electron chi connectivity index (χ2n) is 5.80. The molecule has 0 unspecified atom stereocenters. The Labute approximate surface area is 136 Å². The fourth-order valence-electron chi connectivity index (χ4n) is 2.02. The topological polar surface area (TPSA) is 79.8 Å². The molecule has 2 aromatic rings. The summed E-state index contributed by atoms with van der Waals surface area (Å²) in [6.07, 6.45) is 2.69. The van der Waals surface area contributed by atoms with Gasteiger partial charge in [-0.1, -0.05) is 19.9 Å². The quantitative estimate of drug-likeness (QED) is 0.821. The summed E-state index contributed by atoms with van der Waals surface area (Å²) in [4.78, 5) is 24.9. The summed E-state index contributed by atoms with van der Waals surface area (Å²) in [7, 11) is 0. The van der Waals surface area contributed by atoms with Crippen LogP contribution in [0.15, 0.2) is 30.5 Å². The maximum Gasteiger partial charge on any atom is 0.270 e. The average Bonchev–Trinajstić information content (AvgIpc) is 2.53. The van der Waals surface area contributed by atoms with Crippen molar-refractivity contribution in [2.24, 2.45) is 5.92 Å². The van der Waals surface area contributed by atoms with Gasteiger partial charge < -0.3 is 10.6 Å². The third-order valence-corrected chi connectivity index (χ3v) is 3.25. The Morgan fingerprint density at radius 3 is 2.78 bits per heavy atom. The number of hydrogen-bond donors (Lipinski definition) is 2. The van der Waals surface area contributed by atoms with Crippen LogP contribution in [0.4, 0.5) is 5.82 Å². The van der Waals surface area contributed by atoms with Crippen LogP contribution in [0, 0.1) is 12.8 Å². The lowest BCUT2D eigenvalue weighted by Gasteiger charge is -2.09. The van der Waals surface area contributed by atoms with E-state index in [0.29, 0.717) is 36.3 Å². The van der Waals surface area contributed by atoms with Crippen molar-refractivity contribution in [3.8, 4) is 0 Å². The molecular weight excluding hydrogens is 290 g/mol. The molecule has 0 radical (unpaired) electrons. The summed E-state index contributed by atoms with van der Waals surface area (Å²) in [5.74, 6) is 1.57. The van der Waals surface area contributed by atoms with Crippen molar-refractivity contribution in [3.63, 3.8) is 0 Å². The van der Waals surface area contributed by atoms with Crippen LogP contribution in [0.3, 0.4) is 0 Å². The number of rotatable bonds is 7. The molecule has 122 valence electrons. The first-order valence-corrected chi connectivity index (χ1v) is 7.82. The van der Waals surface area contributed by atoms with E-state index >= 15 is 0 Å².